The van der Waals surface area contributed by atoms with Crippen molar-refractivity contribution in [1.29, 1.82) is 0 Å². The fourth-order valence-electron chi connectivity index (χ4n) is 3.54. The molecule has 1 atom stereocenters. The van der Waals surface area contributed by atoms with Gasteiger partial charge in [-0.15, -0.1) is 6.58 Å². The van der Waals surface area contributed by atoms with E-state index in [0.29, 0.717) is 30.9 Å². The van der Waals surface area contributed by atoms with Gasteiger partial charge in [0, 0.05) is 25.3 Å². The summed E-state index contributed by atoms with van der Waals surface area (Å²) in [5.74, 6) is -0.411. The van der Waals surface area contributed by atoms with Crippen molar-refractivity contribution in [3.8, 4) is 0 Å². The SMILES string of the molecule is C=CCN1C(=O)N[C@@H](c2ccsc2)C(C(=O)OCC)=C1CN(C)Cc1ccccc1. The number of ether oxygens (including phenoxy) is 1. The van der Waals surface area contributed by atoms with Crippen LogP contribution in [0.4, 0.5) is 4.79 Å². The molecule has 0 fully saturated rings. The highest BCUT2D eigenvalue weighted by Gasteiger charge is 2.38. The van der Waals surface area contributed by atoms with Crippen LogP contribution in [-0.4, -0.2) is 48.5 Å². The van der Waals surface area contributed by atoms with Crippen molar-refractivity contribution in [3.05, 3.63) is 82.2 Å². The average Bonchev–Trinajstić information content (AvgIpc) is 3.26. The van der Waals surface area contributed by atoms with Crippen LogP contribution < -0.4 is 5.32 Å². The van der Waals surface area contributed by atoms with E-state index in [1.807, 2.05) is 42.1 Å². The van der Waals surface area contributed by atoms with Crippen molar-refractivity contribution < 1.29 is 14.3 Å². The summed E-state index contributed by atoms with van der Waals surface area (Å²) in [4.78, 5) is 29.6. The van der Waals surface area contributed by atoms with E-state index in [4.69, 9.17) is 4.74 Å². The summed E-state index contributed by atoms with van der Waals surface area (Å²) in [6, 6.07) is 11.2. The Kier molecular flexibility index (Phi) is 7.43. The number of nitrogens with zero attached hydrogens (tertiary/aromatic N) is 2. The second kappa shape index (κ2) is 10.2. The lowest BCUT2D eigenvalue weighted by Gasteiger charge is -2.37. The summed E-state index contributed by atoms with van der Waals surface area (Å²) in [6.07, 6.45) is 1.66. The molecule has 7 heteroatoms. The van der Waals surface area contributed by atoms with Crippen molar-refractivity contribution in [1.82, 2.24) is 15.1 Å². The molecular formula is C23H27N3O3S. The molecule has 2 amide bonds. The summed E-state index contributed by atoms with van der Waals surface area (Å²) in [5.41, 5.74) is 3.14. The molecule has 1 aliphatic heterocycles. The van der Waals surface area contributed by atoms with Crippen LogP contribution in [0.1, 0.15) is 24.1 Å². The summed E-state index contributed by atoms with van der Waals surface area (Å²) in [7, 11) is 1.97. The number of esters is 1. The zero-order valence-corrected chi connectivity index (χ0v) is 18.2. The Morgan fingerprint density at radius 3 is 2.70 bits per heavy atom. The third kappa shape index (κ3) is 4.98. The zero-order chi connectivity index (χ0) is 21.5. The van der Waals surface area contributed by atoms with Crippen LogP contribution in [0.3, 0.4) is 0 Å². The van der Waals surface area contributed by atoms with Gasteiger partial charge in [0.05, 0.1) is 18.2 Å². The maximum absolute atomic E-state index is 13.0. The Balaban J connectivity index is 2.02. The smallest absolute Gasteiger partial charge is 0.338 e. The first kappa shape index (κ1) is 21.8. The van der Waals surface area contributed by atoms with E-state index in [2.05, 4.69) is 28.9 Å². The second-order valence-electron chi connectivity index (χ2n) is 7.08. The van der Waals surface area contributed by atoms with Crippen molar-refractivity contribution in [2.75, 3.05) is 26.7 Å². The lowest BCUT2D eigenvalue weighted by atomic mass is 9.96. The molecule has 1 aromatic heterocycles. The lowest BCUT2D eigenvalue weighted by Crippen LogP contribution is -2.50. The Labute approximate surface area is 181 Å². The first-order chi connectivity index (χ1) is 14.5. The molecule has 158 valence electrons. The van der Waals surface area contributed by atoms with E-state index in [0.717, 1.165) is 11.1 Å². The highest BCUT2D eigenvalue weighted by atomic mass is 32.1. The van der Waals surface area contributed by atoms with E-state index in [1.54, 1.807) is 17.9 Å². The molecule has 1 aliphatic rings. The number of urea groups is 1. The highest BCUT2D eigenvalue weighted by molar-refractivity contribution is 7.08. The van der Waals surface area contributed by atoms with Crippen LogP contribution in [0.5, 0.6) is 0 Å². The highest BCUT2D eigenvalue weighted by Crippen LogP contribution is 2.33. The van der Waals surface area contributed by atoms with Gasteiger partial charge in [-0.1, -0.05) is 36.4 Å². The molecule has 2 aromatic rings. The summed E-state index contributed by atoms with van der Waals surface area (Å²) in [5, 5.41) is 6.84. The van der Waals surface area contributed by atoms with E-state index >= 15 is 0 Å². The molecule has 0 aliphatic carbocycles. The molecule has 0 saturated carbocycles. The van der Waals surface area contributed by atoms with Crippen molar-refractivity contribution in [2.45, 2.75) is 19.5 Å². The third-order valence-electron chi connectivity index (χ3n) is 4.84. The number of thiophene rings is 1. The van der Waals surface area contributed by atoms with Crippen LogP contribution in [0.25, 0.3) is 0 Å². The van der Waals surface area contributed by atoms with Gasteiger partial charge in [-0.3, -0.25) is 9.80 Å². The summed E-state index contributed by atoms with van der Waals surface area (Å²) in [6.45, 7) is 7.23. The Bertz CT molecular complexity index is 909. The van der Waals surface area contributed by atoms with Crippen LogP contribution in [0, 0.1) is 0 Å². The molecule has 0 saturated heterocycles. The van der Waals surface area contributed by atoms with Gasteiger partial charge < -0.3 is 10.1 Å². The maximum Gasteiger partial charge on any atom is 0.338 e. The molecule has 1 aromatic carbocycles. The van der Waals surface area contributed by atoms with Crippen LogP contribution in [0.2, 0.25) is 0 Å². The van der Waals surface area contributed by atoms with Crippen LogP contribution in [0.15, 0.2) is 71.1 Å². The number of nitrogens with one attached hydrogen (secondary N) is 1. The van der Waals surface area contributed by atoms with Gasteiger partial charge in [-0.05, 0) is 41.9 Å². The summed E-state index contributed by atoms with van der Waals surface area (Å²) >= 11 is 1.52. The number of hydrogen-bond acceptors (Lipinski definition) is 5. The van der Waals surface area contributed by atoms with Gasteiger partial charge in [0.2, 0.25) is 0 Å². The minimum absolute atomic E-state index is 0.248. The topological polar surface area (TPSA) is 61.9 Å². The van der Waals surface area contributed by atoms with Crippen molar-refractivity contribution >= 4 is 23.3 Å². The van der Waals surface area contributed by atoms with Crippen LogP contribution >= 0.6 is 11.3 Å². The van der Waals surface area contributed by atoms with Crippen LogP contribution in [-0.2, 0) is 16.1 Å². The normalized spacial score (nSPS) is 16.6. The van der Waals surface area contributed by atoms with E-state index in [-0.39, 0.29) is 12.6 Å². The molecule has 30 heavy (non-hydrogen) atoms. The first-order valence-electron chi connectivity index (χ1n) is 9.88. The van der Waals surface area contributed by atoms with Gasteiger partial charge in [0.1, 0.15) is 0 Å². The van der Waals surface area contributed by atoms with E-state index in [1.165, 1.54) is 11.3 Å². The molecule has 6 nitrogen and oxygen atoms in total. The number of rotatable bonds is 9. The number of likely N-dealkylation sites (N-methyl/N-ethyl adjacent to an activating group) is 1. The lowest BCUT2D eigenvalue weighted by molar-refractivity contribution is -0.139. The van der Waals surface area contributed by atoms with Gasteiger partial charge in [0.15, 0.2) is 0 Å². The second-order valence-corrected chi connectivity index (χ2v) is 7.86. The number of benzene rings is 1. The predicted octanol–water partition coefficient (Wildman–Crippen LogP) is 3.95. The minimum Gasteiger partial charge on any atom is -0.463 e. The quantitative estimate of drug-likeness (QED) is 0.488. The Hall–Kier alpha value is -2.90. The molecule has 2 heterocycles. The maximum atomic E-state index is 13.0. The van der Waals surface area contributed by atoms with Gasteiger partial charge in [-0.2, -0.15) is 11.3 Å². The number of amides is 2. The molecular weight excluding hydrogens is 398 g/mol. The number of carbonyl (C=O) groups is 2. The molecule has 0 radical (unpaired) electrons. The Morgan fingerprint density at radius 1 is 1.30 bits per heavy atom. The third-order valence-corrected chi connectivity index (χ3v) is 5.54. The number of carbonyl (C=O) groups excluding carboxylic acids is 2. The standard InChI is InChI=1S/C23H27N3O3S/c1-4-12-26-19(15-25(3)14-17-9-7-6-8-10-17)20(22(27)29-5-2)21(24-23(26)28)18-11-13-30-16-18/h4,6-11,13,16,21H,1,5,12,14-15H2,2-3H3,(H,24,28)/t21-/m0/s1. The fraction of sp³-hybridized carbons (Fsp3) is 0.304. The predicted molar refractivity (Wildman–Crippen MR) is 119 cm³/mol. The Morgan fingerprint density at radius 2 is 2.07 bits per heavy atom. The molecule has 1 N–H and O–H groups in total. The molecule has 3 rings (SSSR count). The molecule has 0 bridgehead atoms. The van der Waals surface area contributed by atoms with E-state index in [9.17, 15) is 9.59 Å². The zero-order valence-electron chi connectivity index (χ0n) is 17.3. The van der Waals surface area contributed by atoms with Gasteiger partial charge in [0.25, 0.3) is 0 Å². The fourth-order valence-corrected chi connectivity index (χ4v) is 4.23. The van der Waals surface area contributed by atoms with E-state index < -0.39 is 12.0 Å². The van der Waals surface area contributed by atoms with Gasteiger partial charge >= 0.3 is 12.0 Å². The average molecular weight is 426 g/mol. The van der Waals surface area contributed by atoms with Gasteiger partial charge in [-0.25, -0.2) is 9.59 Å². The van der Waals surface area contributed by atoms with Crippen molar-refractivity contribution in [2.24, 2.45) is 0 Å². The largest absolute Gasteiger partial charge is 0.463 e. The monoisotopic (exact) mass is 425 g/mol. The van der Waals surface area contributed by atoms with Crippen molar-refractivity contribution in [3.63, 3.8) is 0 Å². The first-order valence-corrected chi connectivity index (χ1v) is 10.8. The molecule has 0 unspecified atom stereocenters. The summed E-state index contributed by atoms with van der Waals surface area (Å²) < 4.78 is 5.39. The number of hydrogen-bond donors (Lipinski definition) is 1. The minimum atomic E-state index is -0.538. The molecule has 0 spiro atoms.